The molecule has 0 spiro atoms. The molecule has 66 valence electrons. The van der Waals surface area contributed by atoms with E-state index in [1.807, 2.05) is 0 Å². The number of imidazole rings is 1. The molecule has 2 heterocycles. The molecule has 0 radical (unpaired) electrons. The van der Waals surface area contributed by atoms with E-state index in [1.54, 1.807) is 18.6 Å². The van der Waals surface area contributed by atoms with Crippen LogP contribution in [-0.4, -0.2) is 19.9 Å². The average Bonchev–Trinajstić information content (AvgIpc) is 2.62. The van der Waals surface area contributed by atoms with Crippen LogP contribution in [0.3, 0.4) is 0 Å². The molecule has 0 aliphatic heterocycles. The molecule has 0 aliphatic rings. The van der Waals surface area contributed by atoms with Crippen LogP contribution in [0.5, 0.6) is 0 Å². The van der Waals surface area contributed by atoms with Gasteiger partial charge in [0, 0.05) is 18.6 Å². The highest BCUT2D eigenvalue weighted by Crippen LogP contribution is 2.20. The minimum Gasteiger partial charge on any atom is -0.342 e. The van der Waals surface area contributed by atoms with E-state index in [2.05, 4.69) is 35.9 Å². The van der Waals surface area contributed by atoms with Crippen LogP contribution >= 0.6 is 27.5 Å². The van der Waals surface area contributed by atoms with Crippen LogP contribution in [0.4, 0.5) is 0 Å². The molecule has 2 aromatic rings. The Balaban J connectivity index is 2.49. The fourth-order valence-corrected chi connectivity index (χ4v) is 1.17. The first-order chi connectivity index (χ1) is 6.27. The van der Waals surface area contributed by atoms with E-state index in [0.29, 0.717) is 21.3 Å². The van der Waals surface area contributed by atoms with Crippen molar-refractivity contribution >= 4 is 27.5 Å². The number of halogens is 2. The molecular weight excluding hydrogens is 255 g/mol. The molecule has 0 atom stereocenters. The Bertz CT molecular complexity index is 414. The summed E-state index contributed by atoms with van der Waals surface area (Å²) in [7, 11) is 0. The van der Waals surface area contributed by atoms with Gasteiger partial charge in [-0.3, -0.25) is 0 Å². The standard InChI is InChI=1S/C7H4BrClN4/c8-4-3-12-7(13-5(4)9)6-10-1-2-11-6/h1-3H,(H,10,11). The summed E-state index contributed by atoms with van der Waals surface area (Å²) in [5.41, 5.74) is 0. The Hall–Kier alpha value is -0.940. The van der Waals surface area contributed by atoms with Crippen LogP contribution in [0.1, 0.15) is 0 Å². The number of hydrogen-bond acceptors (Lipinski definition) is 3. The summed E-state index contributed by atoms with van der Waals surface area (Å²) in [6.45, 7) is 0. The summed E-state index contributed by atoms with van der Waals surface area (Å²) in [5.74, 6) is 1.09. The Morgan fingerprint density at radius 2 is 2.23 bits per heavy atom. The minimum absolute atomic E-state index is 0.376. The van der Waals surface area contributed by atoms with Gasteiger partial charge in [-0.25, -0.2) is 15.0 Å². The molecule has 4 nitrogen and oxygen atoms in total. The second-order valence-corrected chi connectivity index (χ2v) is 3.48. The first kappa shape index (κ1) is 8.65. The zero-order valence-electron chi connectivity index (χ0n) is 6.33. The normalized spacial score (nSPS) is 10.3. The van der Waals surface area contributed by atoms with E-state index in [0.717, 1.165) is 0 Å². The Kier molecular flexibility index (Phi) is 2.28. The van der Waals surface area contributed by atoms with Gasteiger partial charge in [-0.1, -0.05) is 11.6 Å². The highest BCUT2D eigenvalue weighted by atomic mass is 79.9. The third kappa shape index (κ3) is 1.71. The maximum absolute atomic E-state index is 5.79. The van der Waals surface area contributed by atoms with E-state index >= 15 is 0 Å². The lowest BCUT2D eigenvalue weighted by Crippen LogP contribution is -1.91. The van der Waals surface area contributed by atoms with Crippen molar-refractivity contribution < 1.29 is 0 Å². The molecule has 0 fully saturated rings. The van der Waals surface area contributed by atoms with Gasteiger partial charge in [-0.2, -0.15) is 0 Å². The lowest BCUT2D eigenvalue weighted by atomic mass is 10.5. The first-order valence-corrected chi connectivity index (χ1v) is 4.62. The van der Waals surface area contributed by atoms with Crippen LogP contribution in [0, 0.1) is 0 Å². The largest absolute Gasteiger partial charge is 0.342 e. The maximum Gasteiger partial charge on any atom is 0.197 e. The zero-order valence-corrected chi connectivity index (χ0v) is 8.67. The summed E-state index contributed by atoms with van der Waals surface area (Å²) in [6, 6.07) is 0. The molecule has 0 bridgehead atoms. The smallest absolute Gasteiger partial charge is 0.197 e. The highest BCUT2D eigenvalue weighted by molar-refractivity contribution is 9.10. The van der Waals surface area contributed by atoms with Gasteiger partial charge in [0.1, 0.15) is 5.15 Å². The first-order valence-electron chi connectivity index (χ1n) is 3.45. The zero-order chi connectivity index (χ0) is 9.26. The Labute approximate surface area is 87.5 Å². The van der Waals surface area contributed by atoms with E-state index in [9.17, 15) is 0 Å². The molecule has 0 amide bonds. The van der Waals surface area contributed by atoms with Gasteiger partial charge in [0.2, 0.25) is 0 Å². The second-order valence-electron chi connectivity index (χ2n) is 2.27. The van der Waals surface area contributed by atoms with Crippen molar-refractivity contribution in [1.29, 1.82) is 0 Å². The predicted octanol–water partition coefficient (Wildman–Crippen LogP) is 2.28. The topological polar surface area (TPSA) is 54.5 Å². The van der Waals surface area contributed by atoms with Crippen molar-refractivity contribution in [3.63, 3.8) is 0 Å². The summed E-state index contributed by atoms with van der Waals surface area (Å²) in [4.78, 5) is 15.0. The quantitative estimate of drug-likeness (QED) is 0.799. The SMILES string of the molecule is Clc1nc(-c2ncc[nH]2)ncc1Br. The number of aromatic nitrogens is 4. The van der Waals surface area contributed by atoms with Gasteiger partial charge in [0.25, 0.3) is 0 Å². The summed E-state index contributed by atoms with van der Waals surface area (Å²) < 4.78 is 0.671. The van der Waals surface area contributed by atoms with Gasteiger partial charge >= 0.3 is 0 Å². The molecule has 2 aromatic heterocycles. The van der Waals surface area contributed by atoms with Crippen molar-refractivity contribution in [2.24, 2.45) is 0 Å². The van der Waals surface area contributed by atoms with Crippen molar-refractivity contribution in [3.05, 3.63) is 28.2 Å². The van der Waals surface area contributed by atoms with Gasteiger partial charge in [0.05, 0.1) is 4.47 Å². The fraction of sp³-hybridized carbons (Fsp3) is 0. The summed E-state index contributed by atoms with van der Waals surface area (Å²) in [5, 5.41) is 0.376. The molecule has 0 aromatic carbocycles. The highest BCUT2D eigenvalue weighted by Gasteiger charge is 2.05. The van der Waals surface area contributed by atoms with Crippen molar-refractivity contribution in [2.75, 3.05) is 0 Å². The molecule has 0 saturated heterocycles. The minimum atomic E-state index is 0.376. The molecule has 0 aliphatic carbocycles. The van der Waals surface area contributed by atoms with E-state index in [4.69, 9.17) is 11.6 Å². The van der Waals surface area contributed by atoms with Gasteiger partial charge < -0.3 is 4.98 Å². The Morgan fingerprint density at radius 1 is 1.38 bits per heavy atom. The van der Waals surface area contributed by atoms with E-state index < -0.39 is 0 Å². The van der Waals surface area contributed by atoms with Crippen LogP contribution in [-0.2, 0) is 0 Å². The van der Waals surface area contributed by atoms with Crippen molar-refractivity contribution in [3.8, 4) is 11.6 Å². The lowest BCUT2D eigenvalue weighted by Gasteiger charge is -1.96. The van der Waals surface area contributed by atoms with Crippen molar-refractivity contribution in [2.45, 2.75) is 0 Å². The summed E-state index contributed by atoms with van der Waals surface area (Å²) in [6.07, 6.45) is 4.93. The third-order valence-corrected chi connectivity index (χ3v) is 2.51. The number of aromatic amines is 1. The van der Waals surface area contributed by atoms with Gasteiger partial charge in [-0.15, -0.1) is 0 Å². The molecule has 0 unspecified atom stereocenters. The van der Waals surface area contributed by atoms with Gasteiger partial charge in [0.15, 0.2) is 11.6 Å². The summed E-state index contributed by atoms with van der Waals surface area (Å²) >= 11 is 9.00. The fourth-order valence-electron chi connectivity index (χ4n) is 0.848. The molecule has 6 heteroatoms. The van der Waals surface area contributed by atoms with E-state index in [1.165, 1.54) is 0 Å². The lowest BCUT2D eigenvalue weighted by molar-refractivity contribution is 1.11. The predicted molar refractivity (Wildman–Crippen MR) is 52.3 cm³/mol. The number of nitrogens with one attached hydrogen (secondary N) is 1. The molecule has 0 saturated carbocycles. The van der Waals surface area contributed by atoms with Crippen LogP contribution in [0.2, 0.25) is 5.15 Å². The number of hydrogen-bond donors (Lipinski definition) is 1. The van der Waals surface area contributed by atoms with E-state index in [-0.39, 0.29) is 0 Å². The molecule has 2 rings (SSSR count). The number of H-pyrrole nitrogens is 1. The number of rotatable bonds is 1. The molecular formula is C7H4BrClN4. The third-order valence-electron chi connectivity index (χ3n) is 1.41. The van der Waals surface area contributed by atoms with Crippen LogP contribution in [0.25, 0.3) is 11.6 Å². The van der Waals surface area contributed by atoms with Gasteiger partial charge in [-0.05, 0) is 15.9 Å². The van der Waals surface area contributed by atoms with Crippen molar-refractivity contribution in [1.82, 2.24) is 19.9 Å². The number of nitrogens with zero attached hydrogens (tertiary/aromatic N) is 3. The van der Waals surface area contributed by atoms with Crippen LogP contribution in [0.15, 0.2) is 23.1 Å². The average molecular weight is 259 g/mol. The van der Waals surface area contributed by atoms with Crippen LogP contribution < -0.4 is 0 Å². The monoisotopic (exact) mass is 258 g/mol. The Morgan fingerprint density at radius 3 is 2.85 bits per heavy atom. The molecule has 13 heavy (non-hydrogen) atoms. The maximum atomic E-state index is 5.79. The second kappa shape index (κ2) is 3.43. The molecule has 1 N–H and O–H groups in total.